The second-order valence-corrected chi connectivity index (χ2v) is 8.01. The van der Waals surface area contributed by atoms with E-state index in [4.69, 9.17) is 4.74 Å². The maximum Gasteiger partial charge on any atom is 0.265 e. The van der Waals surface area contributed by atoms with Gasteiger partial charge in [0.2, 0.25) is 0 Å². The Bertz CT molecular complexity index is 1070. The Kier molecular flexibility index (Phi) is 5.20. The summed E-state index contributed by atoms with van der Waals surface area (Å²) >= 11 is 0. The molecule has 6 heteroatoms. The Balaban J connectivity index is 1.41. The number of hydrogen-bond donors (Lipinski definition) is 0. The zero-order valence-electron chi connectivity index (χ0n) is 17.3. The largest absolute Gasteiger partial charge is 0.476 e. The van der Waals surface area contributed by atoms with Gasteiger partial charge in [-0.05, 0) is 67.8 Å². The first-order valence-electron chi connectivity index (χ1n) is 10.8. The minimum absolute atomic E-state index is 0.0324. The third-order valence-electron chi connectivity index (χ3n) is 5.98. The summed E-state index contributed by atoms with van der Waals surface area (Å²) in [4.78, 5) is 30.1. The van der Waals surface area contributed by atoms with Gasteiger partial charge in [0.05, 0.1) is 12.2 Å². The molecule has 2 aliphatic heterocycles. The number of piperidine rings is 1. The van der Waals surface area contributed by atoms with Crippen molar-refractivity contribution in [1.29, 1.82) is 0 Å². The van der Waals surface area contributed by atoms with Gasteiger partial charge in [-0.3, -0.25) is 9.59 Å². The average molecular weight is 415 g/mol. The Morgan fingerprint density at radius 1 is 0.839 bits per heavy atom. The summed E-state index contributed by atoms with van der Waals surface area (Å²) in [7, 11) is 0. The first kappa shape index (κ1) is 19.4. The van der Waals surface area contributed by atoms with E-state index in [1.54, 1.807) is 4.90 Å². The number of carbonyl (C=O) groups excluding carboxylic acids is 2. The fraction of sp³-hybridized carbons (Fsp3) is 0.280. The molecular formula is C25H25N3O3. The van der Waals surface area contributed by atoms with Crippen molar-refractivity contribution in [3.63, 3.8) is 0 Å². The van der Waals surface area contributed by atoms with Crippen LogP contribution in [0.2, 0.25) is 0 Å². The molecule has 6 nitrogen and oxygen atoms in total. The number of fused-ring (bicyclic) bond motifs is 1. The summed E-state index contributed by atoms with van der Waals surface area (Å²) in [5.41, 5.74) is 2.27. The van der Waals surface area contributed by atoms with Crippen molar-refractivity contribution in [2.45, 2.75) is 25.4 Å². The van der Waals surface area contributed by atoms with Gasteiger partial charge in [-0.2, -0.15) is 0 Å². The number of benzene rings is 2. The van der Waals surface area contributed by atoms with Crippen LogP contribution in [0.1, 0.15) is 29.6 Å². The van der Waals surface area contributed by atoms with Crippen LogP contribution in [0.5, 0.6) is 5.75 Å². The number of para-hydroxylation sites is 2. The molecule has 31 heavy (non-hydrogen) atoms. The van der Waals surface area contributed by atoms with Crippen LogP contribution in [-0.2, 0) is 4.79 Å². The van der Waals surface area contributed by atoms with Gasteiger partial charge in [0.1, 0.15) is 5.75 Å². The summed E-state index contributed by atoms with van der Waals surface area (Å²) in [5.74, 6) is 0.405. The van der Waals surface area contributed by atoms with Gasteiger partial charge in [0.15, 0.2) is 6.10 Å². The van der Waals surface area contributed by atoms with E-state index in [-0.39, 0.29) is 18.4 Å². The number of amides is 2. The summed E-state index contributed by atoms with van der Waals surface area (Å²) < 4.78 is 8.03. The molecule has 5 rings (SSSR count). The molecule has 0 saturated carbocycles. The molecule has 0 bridgehead atoms. The zero-order valence-corrected chi connectivity index (χ0v) is 17.3. The summed E-state index contributed by atoms with van der Waals surface area (Å²) in [6.45, 7) is 1.73. The number of rotatable bonds is 3. The molecule has 1 fully saturated rings. The van der Waals surface area contributed by atoms with Crippen molar-refractivity contribution in [3.8, 4) is 11.4 Å². The fourth-order valence-electron chi connectivity index (χ4n) is 4.31. The van der Waals surface area contributed by atoms with Crippen LogP contribution in [0.25, 0.3) is 5.69 Å². The lowest BCUT2D eigenvalue weighted by Gasteiger charge is -2.37. The van der Waals surface area contributed by atoms with Crippen LogP contribution < -0.4 is 9.64 Å². The molecule has 2 amide bonds. The minimum atomic E-state index is -0.684. The maximum absolute atomic E-state index is 13.4. The Hall–Kier alpha value is -3.54. The van der Waals surface area contributed by atoms with Crippen LogP contribution in [0.4, 0.5) is 5.69 Å². The molecule has 1 saturated heterocycles. The van der Waals surface area contributed by atoms with E-state index < -0.39 is 6.10 Å². The molecule has 1 aromatic heterocycles. The number of hydrogen-bond acceptors (Lipinski definition) is 3. The summed E-state index contributed by atoms with van der Waals surface area (Å²) in [5, 5.41) is 0. The van der Waals surface area contributed by atoms with Crippen LogP contribution >= 0.6 is 0 Å². The van der Waals surface area contributed by atoms with Crippen molar-refractivity contribution >= 4 is 17.5 Å². The number of likely N-dealkylation sites (tertiary alicyclic amines) is 1. The SMILES string of the molecule is O=C(C1CN(C(=O)c2ccc(-n3cccc3)cc2)c2ccccc2O1)N1CCCCC1. The molecule has 1 atom stereocenters. The second kappa shape index (κ2) is 8.30. The predicted octanol–water partition coefficient (Wildman–Crippen LogP) is 3.90. The first-order chi connectivity index (χ1) is 15.2. The molecule has 0 N–H and O–H groups in total. The van der Waals surface area contributed by atoms with E-state index in [0.29, 0.717) is 17.0 Å². The highest BCUT2D eigenvalue weighted by Crippen LogP contribution is 2.34. The van der Waals surface area contributed by atoms with Gasteiger partial charge in [0.25, 0.3) is 11.8 Å². The van der Waals surface area contributed by atoms with Gasteiger partial charge in [-0.1, -0.05) is 12.1 Å². The lowest BCUT2D eigenvalue weighted by Crippen LogP contribution is -2.52. The zero-order chi connectivity index (χ0) is 21.2. The molecule has 0 spiro atoms. The molecule has 2 aliphatic rings. The van der Waals surface area contributed by atoms with Crippen molar-refractivity contribution in [1.82, 2.24) is 9.47 Å². The molecule has 3 heterocycles. The maximum atomic E-state index is 13.4. The van der Waals surface area contributed by atoms with Gasteiger partial charge in [-0.15, -0.1) is 0 Å². The van der Waals surface area contributed by atoms with Crippen molar-refractivity contribution in [2.75, 3.05) is 24.5 Å². The summed E-state index contributed by atoms with van der Waals surface area (Å²) in [6.07, 6.45) is 6.44. The summed E-state index contributed by atoms with van der Waals surface area (Å²) in [6, 6.07) is 18.9. The molecule has 1 unspecified atom stereocenters. The molecular weight excluding hydrogens is 390 g/mol. The number of ether oxygens (including phenoxy) is 1. The van der Waals surface area contributed by atoms with Crippen LogP contribution in [0.15, 0.2) is 73.1 Å². The molecule has 2 aromatic carbocycles. The average Bonchev–Trinajstić information content (AvgIpc) is 3.38. The minimum Gasteiger partial charge on any atom is -0.476 e. The highest BCUT2D eigenvalue weighted by atomic mass is 16.5. The Morgan fingerprint density at radius 3 is 2.29 bits per heavy atom. The van der Waals surface area contributed by atoms with Crippen LogP contribution in [0.3, 0.4) is 0 Å². The predicted molar refractivity (Wildman–Crippen MR) is 119 cm³/mol. The molecule has 0 radical (unpaired) electrons. The fourth-order valence-corrected chi connectivity index (χ4v) is 4.31. The lowest BCUT2D eigenvalue weighted by molar-refractivity contribution is -0.139. The first-order valence-corrected chi connectivity index (χ1v) is 10.8. The standard InChI is InChI=1S/C25H25N3O3/c29-24(19-10-12-20(13-11-19)26-14-6-7-15-26)28-18-23(25(30)27-16-4-1-5-17-27)31-22-9-3-2-8-21(22)28/h2-3,6-15,23H,1,4-5,16-18H2. The van der Waals surface area contributed by atoms with Gasteiger partial charge in [0, 0.05) is 36.7 Å². The van der Waals surface area contributed by atoms with Gasteiger partial charge < -0.3 is 19.1 Å². The third-order valence-corrected chi connectivity index (χ3v) is 5.98. The number of nitrogens with zero attached hydrogens (tertiary/aromatic N) is 3. The molecule has 0 aliphatic carbocycles. The number of aromatic nitrogens is 1. The van der Waals surface area contributed by atoms with E-state index >= 15 is 0 Å². The monoisotopic (exact) mass is 415 g/mol. The van der Waals surface area contributed by atoms with Crippen molar-refractivity contribution in [3.05, 3.63) is 78.6 Å². The van der Waals surface area contributed by atoms with Crippen LogP contribution in [-0.4, -0.2) is 47.0 Å². The Labute approximate surface area is 181 Å². The van der Waals surface area contributed by atoms with Gasteiger partial charge >= 0.3 is 0 Å². The van der Waals surface area contributed by atoms with E-state index in [0.717, 1.165) is 38.0 Å². The van der Waals surface area contributed by atoms with E-state index in [1.165, 1.54) is 0 Å². The topological polar surface area (TPSA) is 54.8 Å². The van der Waals surface area contributed by atoms with Crippen molar-refractivity contribution < 1.29 is 14.3 Å². The smallest absolute Gasteiger partial charge is 0.265 e. The van der Waals surface area contributed by atoms with Crippen molar-refractivity contribution in [2.24, 2.45) is 0 Å². The quantitative estimate of drug-likeness (QED) is 0.652. The second-order valence-electron chi connectivity index (χ2n) is 8.01. The van der Waals surface area contributed by atoms with Gasteiger partial charge in [-0.25, -0.2) is 0 Å². The van der Waals surface area contributed by atoms with E-state index in [2.05, 4.69) is 0 Å². The van der Waals surface area contributed by atoms with E-state index in [9.17, 15) is 9.59 Å². The third kappa shape index (κ3) is 3.81. The highest BCUT2D eigenvalue weighted by Gasteiger charge is 2.36. The highest BCUT2D eigenvalue weighted by molar-refractivity contribution is 6.08. The van der Waals surface area contributed by atoms with E-state index in [1.807, 2.05) is 82.5 Å². The normalized spacial score (nSPS) is 18.3. The molecule has 158 valence electrons. The molecule has 3 aromatic rings. The number of carbonyl (C=O) groups is 2. The Morgan fingerprint density at radius 2 is 1.55 bits per heavy atom. The van der Waals surface area contributed by atoms with Crippen LogP contribution in [0, 0.1) is 0 Å². The lowest BCUT2D eigenvalue weighted by atomic mass is 10.1. The number of anilines is 1.